The summed E-state index contributed by atoms with van der Waals surface area (Å²) < 4.78 is 23.6. The largest absolute Gasteiger partial charge is 0.424 e. The first-order valence-electron chi connectivity index (χ1n) is 7.10. The molecule has 0 heterocycles. The van der Waals surface area contributed by atoms with Gasteiger partial charge in [0.05, 0.1) is 0 Å². The lowest BCUT2D eigenvalue weighted by atomic mass is 10.2. The third-order valence-electron chi connectivity index (χ3n) is 2.47. The van der Waals surface area contributed by atoms with Crippen LogP contribution in [0.15, 0.2) is 97.3 Å². The van der Waals surface area contributed by atoms with Gasteiger partial charge in [0.1, 0.15) is 5.76 Å². The van der Waals surface area contributed by atoms with E-state index in [1.807, 2.05) is 0 Å². The Labute approximate surface area is 147 Å². The Morgan fingerprint density at radius 3 is 1.80 bits per heavy atom. The Bertz CT molecular complexity index is 718. The topological polar surface area (TPSA) is 52.6 Å². The normalized spacial score (nSPS) is 11.6. The zero-order valence-electron chi connectivity index (χ0n) is 14.4. The highest BCUT2D eigenvalue weighted by Gasteiger charge is 2.09. The van der Waals surface area contributed by atoms with E-state index in [9.17, 15) is 14.0 Å². The molecule has 0 aromatic carbocycles. The fraction of sp³-hybridized carbons (Fsp3) is 0.100. The van der Waals surface area contributed by atoms with Gasteiger partial charge < -0.3 is 9.47 Å². The van der Waals surface area contributed by atoms with Gasteiger partial charge in [0.2, 0.25) is 0 Å². The van der Waals surface area contributed by atoms with E-state index in [-0.39, 0.29) is 22.7 Å². The minimum Gasteiger partial charge on any atom is -0.424 e. The van der Waals surface area contributed by atoms with Crippen LogP contribution in [0.3, 0.4) is 0 Å². The van der Waals surface area contributed by atoms with Crippen LogP contribution in [-0.4, -0.2) is 11.9 Å². The fourth-order valence-electron chi connectivity index (χ4n) is 1.13. The van der Waals surface area contributed by atoms with Crippen molar-refractivity contribution < 1.29 is 23.5 Å². The van der Waals surface area contributed by atoms with Gasteiger partial charge in [-0.25, -0.2) is 14.0 Å². The standard InChI is InChI=1S/C20H21FO4/c1-8-18(25-20(23)14(4)5)17(21)12-10-15(6)9-11-16(7)24-19(22)13(2)3/h8-12H,1-2,4,6-7H2,3,5H3/b11-9-,12-10+,18-17-. The monoisotopic (exact) mass is 344 g/mol. The van der Waals surface area contributed by atoms with Crippen LogP contribution in [0, 0.1) is 0 Å². The van der Waals surface area contributed by atoms with Gasteiger partial charge in [-0.05, 0) is 37.6 Å². The average molecular weight is 344 g/mol. The first-order chi connectivity index (χ1) is 11.6. The summed E-state index contributed by atoms with van der Waals surface area (Å²) in [5, 5.41) is 0. The maximum Gasteiger partial charge on any atom is 0.338 e. The summed E-state index contributed by atoms with van der Waals surface area (Å²) in [5.41, 5.74) is 0.755. The van der Waals surface area contributed by atoms with E-state index in [1.165, 1.54) is 32.1 Å². The summed E-state index contributed by atoms with van der Waals surface area (Å²) in [6.45, 7) is 20.4. The maximum absolute atomic E-state index is 14.0. The number of hydrogen-bond donors (Lipinski definition) is 0. The molecule has 5 heteroatoms. The van der Waals surface area contributed by atoms with Crippen molar-refractivity contribution in [2.45, 2.75) is 13.8 Å². The SMILES string of the molecule is C=C/C(OC(=O)C(=C)C)=C(F)\C=C\C(=C)/C=C\C(=C)OC(=O)C(=C)C. The molecule has 0 spiro atoms. The van der Waals surface area contributed by atoms with Crippen LogP contribution in [0.2, 0.25) is 0 Å². The quantitative estimate of drug-likeness (QED) is 0.261. The number of carbonyl (C=O) groups excluding carboxylic acids is 2. The Kier molecular flexibility index (Phi) is 9.19. The Morgan fingerprint density at radius 2 is 1.32 bits per heavy atom. The van der Waals surface area contributed by atoms with Gasteiger partial charge >= 0.3 is 11.9 Å². The van der Waals surface area contributed by atoms with Crippen molar-refractivity contribution in [2.75, 3.05) is 0 Å². The van der Waals surface area contributed by atoms with E-state index >= 15 is 0 Å². The minimum absolute atomic E-state index is 0.0840. The molecule has 0 bridgehead atoms. The molecule has 0 unspecified atom stereocenters. The molecule has 0 saturated heterocycles. The number of hydrogen-bond acceptors (Lipinski definition) is 4. The summed E-state index contributed by atoms with van der Waals surface area (Å²) in [4.78, 5) is 22.7. The second kappa shape index (κ2) is 10.5. The number of allylic oxidation sites excluding steroid dienone is 7. The third kappa shape index (κ3) is 8.86. The molecule has 4 nitrogen and oxygen atoms in total. The number of rotatable bonds is 9. The van der Waals surface area contributed by atoms with Crippen molar-refractivity contribution in [3.8, 4) is 0 Å². The molecule has 0 aliphatic heterocycles. The fourth-order valence-corrected chi connectivity index (χ4v) is 1.13. The maximum atomic E-state index is 14.0. The van der Waals surface area contributed by atoms with Gasteiger partial charge in [0, 0.05) is 11.1 Å². The lowest BCUT2D eigenvalue weighted by Gasteiger charge is -2.04. The molecule has 25 heavy (non-hydrogen) atoms. The van der Waals surface area contributed by atoms with Crippen molar-refractivity contribution in [1.29, 1.82) is 0 Å². The van der Waals surface area contributed by atoms with E-state index in [0.29, 0.717) is 5.57 Å². The predicted octanol–water partition coefficient (Wildman–Crippen LogP) is 4.77. The molecule has 0 saturated carbocycles. The molecule has 0 aliphatic rings. The molecule has 0 aliphatic carbocycles. The van der Waals surface area contributed by atoms with Gasteiger partial charge in [-0.15, -0.1) is 0 Å². The van der Waals surface area contributed by atoms with Crippen LogP contribution in [0.25, 0.3) is 0 Å². The van der Waals surface area contributed by atoms with Gasteiger partial charge in [-0.3, -0.25) is 0 Å². The average Bonchev–Trinajstić information content (AvgIpc) is 2.54. The van der Waals surface area contributed by atoms with Crippen molar-refractivity contribution in [2.24, 2.45) is 0 Å². The highest BCUT2D eigenvalue weighted by Crippen LogP contribution is 2.14. The summed E-state index contributed by atoms with van der Waals surface area (Å²) in [5.74, 6) is -2.42. The molecule has 0 radical (unpaired) electrons. The predicted molar refractivity (Wildman–Crippen MR) is 96.7 cm³/mol. The van der Waals surface area contributed by atoms with Crippen LogP contribution in [-0.2, 0) is 19.1 Å². The number of halogens is 1. The summed E-state index contributed by atoms with van der Waals surface area (Å²) in [7, 11) is 0. The number of esters is 2. The highest BCUT2D eigenvalue weighted by atomic mass is 19.1. The molecular weight excluding hydrogens is 323 g/mol. The zero-order chi connectivity index (χ0) is 19.6. The van der Waals surface area contributed by atoms with Crippen molar-refractivity contribution in [3.05, 3.63) is 97.3 Å². The molecule has 0 N–H and O–H groups in total. The molecular formula is C20H21FO4. The van der Waals surface area contributed by atoms with E-state index in [1.54, 1.807) is 0 Å². The Morgan fingerprint density at radius 1 is 0.840 bits per heavy atom. The van der Waals surface area contributed by atoms with E-state index in [2.05, 4.69) is 32.9 Å². The molecule has 0 amide bonds. The summed E-state index contributed by atoms with van der Waals surface area (Å²) in [6.07, 6.45) is 6.31. The first-order valence-corrected chi connectivity index (χ1v) is 7.10. The Hall–Kier alpha value is -3.21. The van der Waals surface area contributed by atoms with E-state index < -0.39 is 17.8 Å². The van der Waals surface area contributed by atoms with Crippen molar-refractivity contribution >= 4 is 11.9 Å². The second-order valence-corrected chi connectivity index (χ2v) is 4.96. The van der Waals surface area contributed by atoms with Crippen LogP contribution >= 0.6 is 0 Å². The Balaban J connectivity index is 4.91. The van der Waals surface area contributed by atoms with Crippen LogP contribution in [0.1, 0.15) is 13.8 Å². The molecule has 0 atom stereocenters. The second-order valence-electron chi connectivity index (χ2n) is 4.96. The first kappa shape index (κ1) is 21.8. The smallest absolute Gasteiger partial charge is 0.338 e. The molecule has 0 aromatic heterocycles. The van der Waals surface area contributed by atoms with Crippen LogP contribution in [0.4, 0.5) is 4.39 Å². The molecule has 0 rings (SSSR count). The number of ether oxygens (including phenoxy) is 2. The summed E-state index contributed by atoms with van der Waals surface area (Å²) in [6, 6.07) is 0. The van der Waals surface area contributed by atoms with Crippen LogP contribution in [0.5, 0.6) is 0 Å². The number of carbonyl (C=O) groups is 2. The van der Waals surface area contributed by atoms with Crippen molar-refractivity contribution in [3.63, 3.8) is 0 Å². The highest BCUT2D eigenvalue weighted by molar-refractivity contribution is 5.88. The van der Waals surface area contributed by atoms with Crippen molar-refractivity contribution in [1.82, 2.24) is 0 Å². The van der Waals surface area contributed by atoms with Crippen LogP contribution < -0.4 is 0 Å². The minimum atomic E-state index is -0.813. The zero-order valence-corrected chi connectivity index (χ0v) is 14.4. The van der Waals surface area contributed by atoms with E-state index in [0.717, 1.165) is 12.2 Å². The molecule has 0 fully saturated rings. The van der Waals surface area contributed by atoms with E-state index in [4.69, 9.17) is 9.47 Å². The van der Waals surface area contributed by atoms with Gasteiger partial charge in [-0.1, -0.05) is 45.0 Å². The van der Waals surface area contributed by atoms with Gasteiger partial charge in [0.15, 0.2) is 11.6 Å². The molecule has 0 aromatic rings. The lowest BCUT2D eigenvalue weighted by molar-refractivity contribution is -0.135. The van der Waals surface area contributed by atoms with Gasteiger partial charge in [0.25, 0.3) is 0 Å². The summed E-state index contributed by atoms with van der Waals surface area (Å²) >= 11 is 0. The lowest BCUT2D eigenvalue weighted by Crippen LogP contribution is -2.04. The third-order valence-corrected chi connectivity index (χ3v) is 2.47. The van der Waals surface area contributed by atoms with Gasteiger partial charge in [-0.2, -0.15) is 0 Å². The molecule has 132 valence electrons.